The Balaban J connectivity index is 2.16. The van der Waals surface area contributed by atoms with Crippen LogP contribution in [0.5, 0.6) is 0 Å². The lowest BCUT2D eigenvalue weighted by Gasteiger charge is -2.20. The zero-order valence-corrected chi connectivity index (χ0v) is 14.1. The third-order valence-corrected chi connectivity index (χ3v) is 6.62. The molecular weight excluding hydrogens is 325 g/mol. The largest absolute Gasteiger partial charge is 0.387 e. The molecule has 4 nitrogen and oxygen atoms in total. The Labute approximate surface area is 133 Å². The van der Waals surface area contributed by atoms with Gasteiger partial charge in [-0.3, -0.25) is 0 Å². The highest BCUT2D eigenvalue weighted by Gasteiger charge is 2.25. The van der Waals surface area contributed by atoms with Crippen LogP contribution in [0, 0.1) is 19.7 Å². The van der Waals surface area contributed by atoms with Crippen LogP contribution in [-0.2, 0) is 10.0 Å². The number of aliphatic hydroxyl groups is 1. The Kier molecular flexibility index (Phi) is 5.01. The van der Waals surface area contributed by atoms with Gasteiger partial charge in [0.2, 0.25) is 10.0 Å². The maximum absolute atomic E-state index is 12.9. The standard InChI is InChI=1S/C15H18FNO3S2/c1-9-8-14(21-11(9)3)22(19,20)17-10(2)15(18)12-4-6-13(16)7-5-12/h4-8,10,15,17-18H,1-3H3. The highest BCUT2D eigenvalue weighted by atomic mass is 32.2. The summed E-state index contributed by atoms with van der Waals surface area (Å²) in [6.45, 7) is 5.27. The topological polar surface area (TPSA) is 66.4 Å². The van der Waals surface area contributed by atoms with Crippen LogP contribution in [0.1, 0.15) is 29.0 Å². The first-order valence-corrected chi connectivity index (χ1v) is 9.03. The summed E-state index contributed by atoms with van der Waals surface area (Å²) in [5.74, 6) is -0.409. The van der Waals surface area contributed by atoms with E-state index in [1.165, 1.54) is 35.6 Å². The van der Waals surface area contributed by atoms with Crippen molar-refractivity contribution in [3.05, 3.63) is 52.2 Å². The van der Waals surface area contributed by atoms with E-state index in [4.69, 9.17) is 0 Å². The Bertz CT molecular complexity index is 734. The van der Waals surface area contributed by atoms with Crippen molar-refractivity contribution in [1.82, 2.24) is 4.72 Å². The number of nitrogens with one attached hydrogen (secondary N) is 1. The summed E-state index contributed by atoms with van der Waals surface area (Å²) < 4.78 is 40.2. The number of hydrogen-bond acceptors (Lipinski definition) is 4. The zero-order valence-electron chi connectivity index (χ0n) is 12.5. The van der Waals surface area contributed by atoms with Crippen LogP contribution >= 0.6 is 11.3 Å². The van der Waals surface area contributed by atoms with E-state index in [9.17, 15) is 17.9 Å². The van der Waals surface area contributed by atoms with Crippen molar-refractivity contribution in [3.63, 3.8) is 0 Å². The number of rotatable bonds is 5. The lowest BCUT2D eigenvalue weighted by Crippen LogP contribution is -2.36. The van der Waals surface area contributed by atoms with Crippen LogP contribution in [0.15, 0.2) is 34.5 Å². The van der Waals surface area contributed by atoms with Gasteiger partial charge in [0.15, 0.2) is 0 Å². The minimum absolute atomic E-state index is 0.223. The molecule has 22 heavy (non-hydrogen) atoms. The van der Waals surface area contributed by atoms with Crippen molar-refractivity contribution in [2.24, 2.45) is 0 Å². The summed E-state index contributed by atoms with van der Waals surface area (Å²) in [4.78, 5) is 0.937. The maximum Gasteiger partial charge on any atom is 0.250 e. The Morgan fingerprint density at radius 1 is 1.23 bits per heavy atom. The number of sulfonamides is 1. The summed E-state index contributed by atoms with van der Waals surface area (Å²) in [7, 11) is -3.69. The average molecular weight is 343 g/mol. The smallest absolute Gasteiger partial charge is 0.250 e. The van der Waals surface area contributed by atoms with Crippen LogP contribution in [-0.4, -0.2) is 19.6 Å². The second kappa shape index (κ2) is 6.45. The van der Waals surface area contributed by atoms with Gasteiger partial charge in [-0.1, -0.05) is 12.1 Å². The third-order valence-electron chi connectivity index (χ3n) is 3.43. The first kappa shape index (κ1) is 17.1. The van der Waals surface area contributed by atoms with Crippen molar-refractivity contribution >= 4 is 21.4 Å². The molecule has 2 unspecified atom stereocenters. The summed E-state index contributed by atoms with van der Waals surface area (Å²) in [5, 5.41) is 10.2. The highest BCUT2D eigenvalue weighted by Crippen LogP contribution is 2.26. The van der Waals surface area contributed by atoms with Gasteiger partial charge in [0, 0.05) is 10.9 Å². The van der Waals surface area contributed by atoms with E-state index in [1.54, 1.807) is 13.0 Å². The lowest BCUT2D eigenvalue weighted by atomic mass is 10.0. The van der Waals surface area contributed by atoms with Gasteiger partial charge in [-0.15, -0.1) is 11.3 Å². The molecule has 7 heteroatoms. The molecule has 2 N–H and O–H groups in total. The van der Waals surface area contributed by atoms with Gasteiger partial charge in [-0.05, 0) is 50.1 Å². The van der Waals surface area contributed by atoms with Gasteiger partial charge >= 0.3 is 0 Å². The second-order valence-corrected chi connectivity index (χ2v) is 8.41. The minimum Gasteiger partial charge on any atom is -0.387 e. The fraction of sp³-hybridized carbons (Fsp3) is 0.333. The molecule has 120 valence electrons. The first-order valence-electron chi connectivity index (χ1n) is 6.73. The molecule has 2 rings (SSSR count). The molecule has 0 saturated carbocycles. The molecule has 0 spiro atoms. The van der Waals surface area contributed by atoms with Crippen molar-refractivity contribution < 1.29 is 17.9 Å². The SMILES string of the molecule is Cc1cc(S(=O)(=O)NC(C)C(O)c2ccc(F)cc2)sc1C. The fourth-order valence-electron chi connectivity index (χ4n) is 1.99. The number of halogens is 1. The van der Waals surface area contributed by atoms with Gasteiger partial charge in [0.05, 0.1) is 6.10 Å². The molecule has 0 saturated heterocycles. The Hall–Kier alpha value is -1.28. The quantitative estimate of drug-likeness (QED) is 0.877. The predicted octanol–water partition coefficient (Wildman–Crippen LogP) is 2.90. The Morgan fingerprint density at radius 3 is 2.32 bits per heavy atom. The molecule has 1 aromatic heterocycles. The zero-order chi connectivity index (χ0) is 16.5. The van der Waals surface area contributed by atoms with E-state index in [-0.39, 0.29) is 4.21 Å². The molecule has 1 heterocycles. The van der Waals surface area contributed by atoms with Crippen LogP contribution in [0.2, 0.25) is 0 Å². The van der Waals surface area contributed by atoms with Gasteiger partial charge in [-0.25, -0.2) is 17.5 Å². The number of aryl methyl sites for hydroxylation is 2. The van der Waals surface area contributed by atoms with E-state index in [0.717, 1.165) is 10.4 Å². The lowest BCUT2D eigenvalue weighted by molar-refractivity contribution is 0.146. The number of benzene rings is 1. The Morgan fingerprint density at radius 2 is 1.82 bits per heavy atom. The van der Waals surface area contributed by atoms with E-state index < -0.39 is 28.0 Å². The number of aliphatic hydroxyl groups excluding tert-OH is 1. The molecule has 0 bridgehead atoms. The van der Waals surface area contributed by atoms with Gasteiger partial charge in [0.25, 0.3) is 0 Å². The van der Waals surface area contributed by atoms with Gasteiger partial charge in [0.1, 0.15) is 10.0 Å². The maximum atomic E-state index is 12.9. The summed E-state index contributed by atoms with van der Waals surface area (Å²) >= 11 is 1.19. The van der Waals surface area contributed by atoms with E-state index in [0.29, 0.717) is 5.56 Å². The molecule has 0 radical (unpaired) electrons. The summed E-state index contributed by atoms with van der Waals surface area (Å²) in [6.07, 6.45) is -1.06. The van der Waals surface area contributed by atoms with Gasteiger partial charge < -0.3 is 5.11 Å². The molecule has 0 aliphatic heterocycles. The normalized spacial score (nSPS) is 14.8. The molecule has 0 aliphatic rings. The molecule has 0 amide bonds. The van der Waals surface area contributed by atoms with E-state index in [2.05, 4.69) is 4.72 Å². The van der Waals surface area contributed by atoms with Gasteiger partial charge in [-0.2, -0.15) is 0 Å². The van der Waals surface area contributed by atoms with Crippen molar-refractivity contribution in [2.45, 2.75) is 37.1 Å². The van der Waals surface area contributed by atoms with Crippen LogP contribution in [0.4, 0.5) is 4.39 Å². The highest BCUT2D eigenvalue weighted by molar-refractivity contribution is 7.91. The second-order valence-electron chi connectivity index (χ2n) is 5.21. The van der Waals surface area contributed by atoms with E-state index in [1.807, 2.05) is 13.8 Å². The average Bonchev–Trinajstić information content (AvgIpc) is 2.79. The third kappa shape index (κ3) is 3.73. The van der Waals surface area contributed by atoms with Crippen molar-refractivity contribution in [2.75, 3.05) is 0 Å². The molecule has 2 aromatic rings. The monoisotopic (exact) mass is 343 g/mol. The van der Waals surface area contributed by atoms with E-state index >= 15 is 0 Å². The van der Waals surface area contributed by atoms with Crippen LogP contribution in [0.25, 0.3) is 0 Å². The minimum atomic E-state index is -3.69. The summed E-state index contributed by atoms with van der Waals surface area (Å²) in [6, 6.07) is 6.20. The first-order chi connectivity index (χ1) is 10.2. The molecule has 0 fully saturated rings. The number of hydrogen-bond donors (Lipinski definition) is 2. The molecular formula is C15H18FNO3S2. The van der Waals surface area contributed by atoms with Crippen LogP contribution in [0.3, 0.4) is 0 Å². The van der Waals surface area contributed by atoms with Crippen LogP contribution < -0.4 is 4.72 Å². The molecule has 2 atom stereocenters. The molecule has 1 aromatic carbocycles. The predicted molar refractivity (Wildman–Crippen MR) is 84.9 cm³/mol. The molecule has 0 aliphatic carbocycles. The number of thiophene rings is 1. The summed E-state index contributed by atoms with van der Waals surface area (Å²) in [5.41, 5.74) is 1.37. The van der Waals surface area contributed by atoms with Crippen molar-refractivity contribution in [3.8, 4) is 0 Å². The fourth-order valence-corrected chi connectivity index (χ4v) is 4.77. The van der Waals surface area contributed by atoms with Crippen molar-refractivity contribution in [1.29, 1.82) is 0 Å².